The third-order valence-electron chi connectivity index (χ3n) is 7.21. The van der Waals surface area contributed by atoms with Gasteiger partial charge in [0.1, 0.15) is 30.0 Å². The van der Waals surface area contributed by atoms with Crippen LogP contribution in [-0.4, -0.2) is 75.8 Å². The molecule has 1 aliphatic rings. The van der Waals surface area contributed by atoms with Gasteiger partial charge in [-0.15, -0.1) is 0 Å². The van der Waals surface area contributed by atoms with Crippen molar-refractivity contribution >= 4 is 28.9 Å². The van der Waals surface area contributed by atoms with E-state index in [1.165, 1.54) is 12.0 Å². The molecule has 1 aliphatic heterocycles. The van der Waals surface area contributed by atoms with Crippen LogP contribution < -0.4 is 10.6 Å². The fraction of sp³-hybridized carbons (Fsp3) is 0.367. The zero-order valence-corrected chi connectivity index (χ0v) is 23.5. The number of rotatable bonds is 10. The molecule has 4 heterocycles. The number of nitrogens with zero attached hydrogens (tertiary/aromatic N) is 5. The number of ether oxygens (including phenoxy) is 2. The molecule has 41 heavy (non-hydrogen) atoms. The smallest absolute Gasteiger partial charge is 0.410 e. The number of aryl methyl sites for hydroxylation is 2. The highest BCUT2D eigenvalue weighted by Crippen LogP contribution is 2.28. The molecule has 1 saturated heterocycles. The van der Waals surface area contributed by atoms with Gasteiger partial charge in [0.05, 0.1) is 23.8 Å². The molecule has 214 valence electrons. The quantitative estimate of drug-likeness (QED) is 0.221. The number of amides is 1. The second-order valence-corrected chi connectivity index (χ2v) is 10.0. The van der Waals surface area contributed by atoms with Crippen LogP contribution in [0.5, 0.6) is 0 Å². The molecule has 0 aliphatic carbocycles. The average Bonchev–Trinajstić information content (AvgIpc) is 3.56. The molecule has 1 aromatic carbocycles. The first kappa shape index (κ1) is 28.0. The SMILES string of the molecule is CNCCCn1c(C)nc2ccnc(-c3cccc(NC4CC(C(=O)OC)N(C(=O)OCc5ccccc5)C4)n3)c21. The third-order valence-corrected chi connectivity index (χ3v) is 7.21. The number of carbonyl (C=O) groups excluding carboxylic acids is 2. The Morgan fingerprint density at radius 3 is 2.68 bits per heavy atom. The lowest BCUT2D eigenvalue weighted by Gasteiger charge is -2.21. The highest BCUT2D eigenvalue weighted by Gasteiger charge is 2.41. The fourth-order valence-electron chi connectivity index (χ4n) is 5.23. The van der Waals surface area contributed by atoms with Gasteiger partial charge in [0.25, 0.3) is 0 Å². The van der Waals surface area contributed by atoms with Crippen LogP contribution in [0.15, 0.2) is 60.8 Å². The van der Waals surface area contributed by atoms with Gasteiger partial charge in [-0.1, -0.05) is 36.4 Å². The lowest BCUT2D eigenvalue weighted by molar-refractivity contribution is -0.145. The van der Waals surface area contributed by atoms with Gasteiger partial charge in [0, 0.05) is 31.7 Å². The van der Waals surface area contributed by atoms with E-state index >= 15 is 0 Å². The zero-order chi connectivity index (χ0) is 28.8. The van der Waals surface area contributed by atoms with E-state index in [2.05, 4.69) is 20.2 Å². The van der Waals surface area contributed by atoms with Crippen molar-refractivity contribution < 1.29 is 19.1 Å². The molecule has 5 rings (SSSR count). The summed E-state index contributed by atoms with van der Waals surface area (Å²) in [5.41, 5.74) is 4.15. The lowest BCUT2D eigenvalue weighted by atomic mass is 10.1. The van der Waals surface area contributed by atoms with Crippen LogP contribution in [0.4, 0.5) is 10.6 Å². The second-order valence-electron chi connectivity index (χ2n) is 10.0. The van der Waals surface area contributed by atoms with Gasteiger partial charge >= 0.3 is 12.1 Å². The van der Waals surface area contributed by atoms with Crippen molar-refractivity contribution in [1.82, 2.24) is 29.7 Å². The maximum atomic E-state index is 13.0. The van der Waals surface area contributed by atoms with Crippen LogP contribution in [0, 0.1) is 6.92 Å². The standard InChI is InChI=1S/C30H35N7O4/c1-20-33-24-13-15-32-27(28(24)36(20)16-8-14-31-2)23-11-7-12-26(35-23)34-22-17-25(29(38)40-3)37(18-22)30(39)41-19-21-9-5-4-6-10-21/h4-7,9-13,15,22,25,31H,8,14,16-19H2,1-3H3,(H,34,35). The van der Waals surface area contributed by atoms with E-state index in [1.54, 1.807) is 6.20 Å². The van der Waals surface area contributed by atoms with Crippen molar-refractivity contribution in [2.75, 3.05) is 32.6 Å². The Balaban J connectivity index is 1.34. The Labute approximate surface area is 238 Å². The van der Waals surface area contributed by atoms with Crippen molar-refractivity contribution in [3.8, 4) is 11.4 Å². The molecule has 2 N–H and O–H groups in total. The zero-order valence-electron chi connectivity index (χ0n) is 23.5. The molecular formula is C30H35N7O4. The van der Waals surface area contributed by atoms with Crippen LogP contribution in [-0.2, 0) is 27.4 Å². The van der Waals surface area contributed by atoms with Gasteiger partial charge in [0.2, 0.25) is 0 Å². The minimum atomic E-state index is -0.755. The summed E-state index contributed by atoms with van der Waals surface area (Å²) in [7, 11) is 3.26. The molecule has 0 spiro atoms. The van der Waals surface area contributed by atoms with Gasteiger partial charge in [-0.2, -0.15) is 0 Å². The number of likely N-dealkylation sites (tertiary alicyclic amines) is 1. The summed E-state index contributed by atoms with van der Waals surface area (Å²) in [6.07, 6.45) is 2.51. The predicted octanol–water partition coefficient (Wildman–Crippen LogP) is 3.78. The maximum Gasteiger partial charge on any atom is 0.410 e. The van der Waals surface area contributed by atoms with E-state index in [1.807, 2.05) is 68.6 Å². The summed E-state index contributed by atoms with van der Waals surface area (Å²) < 4.78 is 12.7. The summed E-state index contributed by atoms with van der Waals surface area (Å²) in [5, 5.41) is 6.59. The van der Waals surface area contributed by atoms with Crippen molar-refractivity contribution in [3.05, 3.63) is 72.2 Å². The lowest BCUT2D eigenvalue weighted by Crippen LogP contribution is -2.41. The van der Waals surface area contributed by atoms with E-state index in [4.69, 9.17) is 19.4 Å². The van der Waals surface area contributed by atoms with E-state index < -0.39 is 18.1 Å². The maximum absolute atomic E-state index is 13.0. The fourth-order valence-corrected chi connectivity index (χ4v) is 5.23. The number of hydrogen-bond donors (Lipinski definition) is 2. The van der Waals surface area contributed by atoms with Gasteiger partial charge in [0.15, 0.2) is 0 Å². The molecule has 1 amide bonds. The van der Waals surface area contributed by atoms with Gasteiger partial charge in [-0.3, -0.25) is 9.88 Å². The first-order valence-electron chi connectivity index (χ1n) is 13.7. The number of nitrogens with one attached hydrogen (secondary N) is 2. The predicted molar refractivity (Wildman–Crippen MR) is 155 cm³/mol. The number of anilines is 1. The highest BCUT2D eigenvalue weighted by molar-refractivity contribution is 5.89. The number of carbonyl (C=O) groups is 2. The molecule has 2 unspecified atom stereocenters. The van der Waals surface area contributed by atoms with E-state index in [0.717, 1.165) is 47.6 Å². The van der Waals surface area contributed by atoms with Crippen LogP contribution in [0.1, 0.15) is 24.2 Å². The molecule has 1 fully saturated rings. The number of methoxy groups -OCH3 is 1. The second kappa shape index (κ2) is 12.8. The Kier molecular flexibility index (Phi) is 8.73. The van der Waals surface area contributed by atoms with Crippen LogP contribution in [0.25, 0.3) is 22.4 Å². The van der Waals surface area contributed by atoms with Crippen molar-refractivity contribution in [2.24, 2.45) is 0 Å². The topological polar surface area (TPSA) is 124 Å². The Hall–Kier alpha value is -4.51. The minimum Gasteiger partial charge on any atom is -0.467 e. The summed E-state index contributed by atoms with van der Waals surface area (Å²) in [4.78, 5) is 41.2. The number of esters is 1. The summed E-state index contributed by atoms with van der Waals surface area (Å²) in [5.74, 6) is 1.07. The van der Waals surface area contributed by atoms with Crippen LogP contribution in [0.2, 0.25) is 0 Å². The monoisotopic (exact) mass is 557 g/mol. The minimum absolute atomic E-state index is 0.120. The Morgan fingerprint density at radius 2 is 1.90 bits per heavy atom. The average molecular weight is 558 g/mol. The molecule has 11 nitrogen and oxygen atoms in total. The van der Waals surface area contributed by atoms with Crippen LogP contribution in [0.3, 0.4) is 0 Å². The van der Waals surface area contributed by atoms with Gasteiger partial charge in [-0.25, -0.2) is 19.6 Å². The number of imidazole rings is 1. The Bertz CT molecular complexity index is 1510. The highest BCUT2D eigenvalue weighted by atomic mass is 16.6. The van der Waals surface area contributed by atoms with Crippen LogP contribution >= 0.6 is 0 Å². The molecule has 0 saturated carbocycles. The van der Waals surface area contributed by atoms with E-state index in [9.17, 15) is 9.59 Å². The molecule has 0 bridgehead atoms. The molecule has 0 radical (unpaired) electrons. The first-order valence-corrected chi connectivity index (χ1v) is 13.7. The summed E-state index contributed by atoms with van der Waals surface area (Å²) in [6, 6.07) is 16.0. The summed E-state index contributed by atoms with van der Waals surface area (Å²) >= 11 is 0. The number of pyridine rings is 2. The Morgan fingerprint density at radius 1 is 1.07 bits per heavy atom. The largest absolute Gasteiger partial charge is 0.467 e. The van der Waals surface area contributed by atoms with Crippen molar-refractivity contribution in [1.29, 1.82) is 0 Å². The molecule has 11 heteroatoms. The number of fused-ring (bicyclic) bond motifs is 1. The van der Waals surface area contributed by atoms with Gasteiger partial charge in [-0.05, 0) is 50.7 Å². The van der Waals surface area contributed by atoms with E-state index in [-0.39, 0.29) is 19.2 Å². The summed E-state index contributed by atoms with van der Waals surface area (Å²) in [6.45, 7) is 4.10. The third kappa shape index (κ3) is 6.30. The molecule has 2 atom stereocenters. The normalized spacial score (nSPS) is 16.6. The van der Waals surface area contributed by atoms with Crippen molar-refractivity contribution in [2.45, 2.75) is 45.0 Å². The molecule has 3 aromatic heterocycles. The number of aromatic nitrogens is 4. The van der Waals surface area contributed by atoms with Gasteiger partial charge < -0.3 is 24.7 Å². The number of benzene rings is 1. The molecular weight excluding hydrogens is 522 g/mol. The van der Waals surface area contributed by atoms with E-state index in [0.29, 0.717) is 17.9 Å². The molecule has 4 aromatic rings. The number of hydrogen-bond acceptors (Lipinski definition) is 9. The van der Waals surface area contributed by atoms with Crippen molar-refractivity contribution in [3.63, 3.8) is 0 Å². The first-order chi connectivity index (χ1) is 20.0.